The van der Waals surface area contributed by atoms with E-state index in [-0.39, 0.29) is 24.0 Å². The second-order valence-electron chi connectivity index (χ2n) is 7.16. The van der Waals surface area contributed by atoms with Crippen molar-refractivity contribution >= 4 is 11.6 Å². The third kappa shape index (κ3) is 4.49. The summed E-state index contributed by atoms with van der Waals surface area (Å²) in [6, 6.07) is 0.242. The molecule has 1 saturated carbocycles. The Morgan fingerprint density at radius 3 is 2.73 bits per heavy atom. The SMILES string of the molecule is Cc1nn(C(C)C)cc1Nc1ncc(F)c(OCC2CCC(O)CC2)n1. The molecule has 0 spiro atoms. The molecule has 0 aliphatic heterocycles. The summed E-state index contributed by atoms with van der Waals surface area (Å²) in [6.07, 6.45) is 6.07. The summed E-state index contributed by atoms with van der Waals surface area (Å²) < 4.78 is 21.4. The van der Waals surface area contributed by atoms with Crippen LogP contribution in [0.5, 0.6) is 5.88 Å². The molecule has 3 rings (SSSR count). The maximum Gasteiger partial charge on any atom is 0.255 e. The van der Waals surface area contributed by atoms with Crippen LogP contribution in [0.3, 0.4) is 0 Å². The first kappa shape index (κ1) is 18.6. The Morgan fingerprint density at radius 2 is 2.08 bits per heavy atom. The molecule has 0 aromatic carbocycles. The number of aliphatic hydroxyl groups excluding tert-OH is 1. The van der Waals surface area contributed by atoms with E-state index in [1.54, 1.807) is 0 Å². The van der Waals surface area contributed by atoms with Crippen molar-refractivity contribution in [3.63, 3.8) is 0 Å². The maximum atomic E-state index is 14.0. The number of aromatic nitrogens is 4. The second kappa shape index (κ2) is 7.99. The molecule has 142 valence electrons. The predicted octanol–water partition coefficient (Wildman–Crippen LogP) is 3.38. The van der Waals surface area contributed by atoms with Crippen molar-refractivity contribution < 1.29 is 14.2 Å². The van der Waals surface area contributed by atoms with Gasteiger partial charge in [-0.3, -0.25) is 4.68 Å². The van der Waals surface area contributed by atoms with Crippen LogP contribution >= 0.6 is 0 Å². The van der Waals surface area contributed by atoms with Crippen LogP contribution < -0.4 is 10.1 Å². The molecule has 2 aromatic rings. The number of ether oxygens (including phenoxy) is 1. The quantitative estimate of drug-likeness (QED) is 0.818. The van der Waals surface area contributed by atoms with Crippen molar-refractivity contribution in [1.29, 1.82) is 0 Å². The third-order valence-electron chi connectivity index (χ3n) is 4.68. The van der Waals surface area contributed by atoms with Crippen LogP contribution in [0.4, 0.5) is 16.0 Å². The third-order valence-corrected chi connectivity index (χ3v) is 4.68. The summed E-state index contributed by atoms with van der Waals surface area (Å²) in [5.41, 5.74) is 1.59. The average molecular weight is 363 g/mol. The highest BCUT2D eigenvalue weighted by atomic mass is 19.1. The number of halogens is 1. The summed E-state index contributed by atoms with van der Waals surface area (Å²) in [5, 5.41) is 17.1. The number of aryl methyl sites for hydroxylation is 1. The zero-order valence-corrected chi connectivity index (χ0v) is 15.4. The first-order valence-corrected chi connectivity index (χ1v) is 9.08. The number of nitrogens with one attached hydrogen (secondary N) is 1. The molecule has 0 atom stereocenters. The molecule has 0 unspecified atom stereocenters. The Kier molecular flexibility index (Phi) is 5.70. The second-order valence-corrected chi connectivity index (χ2v) is 7.16. The van der Waals surface area contributed by atoms with Crippen LogP contribution in [-0.4, -0.2) is 37.6 Å². The first-order valence-electron chi connectivity index (χ1n) is 9.08. The van der Waals surface area contributed by atoms with E-state index in [1.165, 1.54) is 0 Å². The van der Waals surface area contributed by atoms with E-state index in [2.05, 4.69) is 20.4 Å². The van der Waals surface area contributed by atoms with Crippen LogP contribution in [0.1, 0.15) is 51.3 Å². The molecule has 0 amide bonds. The van der Waals surface area contributed by atoms with Crippen LogP contribution in [0.15, 0.2) is 12.4 Å². The summed E-state index contributed by atoms with van der Waals surface area (Å²) in [7, 11) is 0. The average Bonchev–Trinajstić information content (AvgIpc) is 2.98. The van der Waals surface area contributed by atoms with Gasteiger partial charge in [0.05, 0.1) is 30.3 Å². The molecule has 2 N–H and O–H groups in total. The fourth-order valence-electron chi connectivity index (χ4n) is 3.01. The zero-order valence-electron chi connectivity index (χ0n) is 15.4. The number of rotatable bonds is 6. The van der Waals surface area contributed by atoms with Crippen LogP contribution in [-0.2, 0) is 0 Å². The topological polar surface area (TPSA) is 85.1 Å². The lowest BCUT2D eigenvalue weighted by Crippen LogP contribution is -2.23. The molecule has 7 nitrogen and oxygen atoms in total. The molecule has 1 aliphatic rings. The largest absolute Gasteiger partial charge is 0.475 e. The van der Waals surface area contributed by atoms with E-state index in [4.69, 9.17) is 4.74 Å². The molecular formula is C18H26FN5O2. The Bertz CT molecular complexity index is 741. The summed E-state index contributed by atoms with van der Waals surface area (Å²) in [4.78, 5) is 8.14. The summed E-state index contributed by atoms with van der Waals surface area (Å²) >= 11 is 0. The Morgan fingerprint density at radius 1 is 1.35 bits per heavy atom. The van der Waals surface area contributed by atoms with Gasteiger partial charge in [-0.15, -0.1) is 0 Å². The minimum atomic E-state index is -0.582. The Labute approximate surface area is 152 Å². The van der Waals surface area contributed by atoms with Gasteiger partial charge >= 0.3 is 0 Å². The van der Waals surface area contributed by atoms with E-state index < -0.39 is 5.82 Å². The van der Waals surface area contributed by atoms with Gasteiger partial charge in [0.2, 0.25) is 11.8 Å². The van der Waals surface area contributed by atoms with Gasteiger partial charge in [0.15, 0.2) is 0 Å². The van der Waals surface area contributed by atoms with Gasteiger partial charge in [-0.25, -0.2) is 4.98 Å². The van der Waals surface area contributed by atoms with Gasteiger partial charge in [-0.1, -0.05) is 0 Å². The van der Waals surface area contributed by atoms with E-state index >= 15 is 0 Å². The van der Waals surface area contributed by atoms with Crippen molar-refractivity contribution in [2.45, 2.75) is 58.6 Å². The normalized spacial score (nSPS) is 20.4. The van der Waals surface area contributed by atoms with Gasteiger partial charge in [0, 0.05) is 12.2 Å². The molecule has 2 aromatic heterocycles. The molecule has 0 saturated heterocycles. The zero-order chi connectivity index (χ0) is 18.7. The maximum absolute atomic E-state index is 14.0. The predicted molar refractivity (Wildman–Crippen MR) is 96.1 cm³/mol. The highest BCUT2D eigenvalue weighted by Gasteiger charge is 2.21. The van der Waals surface area contributed by atoms with Crippen molar-refractivity contribution in [3.8, 4) is 5.88 Å². The van der Waals surface area contributed by atoms with Crippen LogP contribution in [0.2, 0.25) is 0 Å². The fourth-order valence-corrected chi connectivity index (χ4v) is 3.01. The van der Waals surface area contributed by atoms with Crippen LogP contribution in [0, 0.1) is 18.7 Å². The highest BCUT2D eigenvalue weighted by Crippen LogP contribution is 2.26. The first-order chi connectivity index (χ1) is 12.4. The van der Waals surface area contributed by atoms with Gasteiger partial charge in [0.25, 0.3) is 5.88 Å². The van der Waals surface area contributed by atoms with Crippen molar-refractivity contribution in [1.82, 2.24) is 19.7 Å². The lowest BCUT2D eigenvalue weighted by molar-refractivity contribution is 0.0899. The molecule has 2 heterocycles. The van der Waals surface area contributed by atoms with Gasteiger partial charge in [-0.2, -0.15) is 14.5 Å². The van der Waals surface area contributed by atoms with E-state index in [1.807, 2.05) is 31.6 Å². The van der Waals surface area contributed by atoms with Gasteiger partial charge < -0.3 is 15.2 Å². The standard InChI is InChI=1S/C18H26FN5O2/c1-11(2)24-9-16(12(3)23-24)21-18-20-8-15(19)17(22-18)26-10-13-4-6-14(25)7-5-13/h8-9,11,13-14,25H,4-7,10H2,1-3H3,(H,20,21,22). The van der Waals surface area contributed by atoms with Crippen molar-refractivity contribution in [2.75, 3.05) is 11.9 Å². The highest BCUT2D eigenvalue weighted by molar-refractivity contribution is 5.55. The molecule has 26 heavy (non-hydrogen) atoms. The molecule has 0 radical (unpaired) electrons. The Hall–Kier alpha value is -2.22. The van der Waals surface area contributed by atoms with Gasteiger partial charge in [-0.05, 0) is 52.4 Å². The minimum absolute atomic E-state index is 0.0532. The Balaban J connectivity index is 1.65. The van der Waals surface area contributed by atoms with Crippen LogP contribution in [0.25, 0.3) is 0 Å². The number of hydrogen-bond donors (Lipinski definition) is 2. The fraction of sp³-hybridized carbons (Fsp3) is 0.611. The number of anilines is 2. The monoisotopic (exact) mass is 363 g/mol. The summed E-state index contributed by atoms with van der Waals surface area (Å²) in [6.45, 7) is 6.37. The lowest BCUT2D eigenvalue weighted by atomic mass is 9.88. The van der Waals surface area contributed by atoms with Gasteiger partial charge in [0.1, 0.15) is 0 Å². The smallest absolute Gasteiger partial charge is 0.255 e. The van der Waals surface area contributed by atoms with E-state index in [0.29, 0.717) is 12.5 Å². The summed E-state index contributed by atoms with van der Waals surface area (Å²) in [5.74, 6) is -0.0499. The molecular weight excluding hydrogens is 337 g/mol. The molecule has 1 aliphatic carbocycles. The van der Waals surface area contributed by atoms with Crippen molar-refractivity contribution in [2.24, 2.45) is 5.92 Å². The molecule has 1 fully saturated rings. The number of nitrogens with zero attached hydrogens (tertiary/aromatic N) is 4. The van der Waals surface area contributed by atoms with E-state index in [9.17, 15) is 9.50 Å². The molecule has 0 bridgehead atoms. The van der Waals surface area contributed by atoms with Crippen molar-refractivity contribution in [3.05, 3.63) is 23.9 Å². The number of aliphatic hydroxyl groups is 1. The van der Waals surface area contributed by atoms with E-state index in [0.717, 1.165) is 43.3 Å². The lowest BCUT2D eigenvalue weighted by Gasteiger charge is -2.25. The number of hydrogen-bond acceptors (Lipinski definition) is 6. The minimum Gasteiger partial charge on any atom is -0.475 e. The molecule has 8 heteroatoms.